The van der Waals surface area contributed by atoms with Crippen LogP contribution in [0.25, 0.3) is 0 Å². The number of hydrogen-bond acceptors (Lipinski definition) is 2. The number of likely N-dealkylation sites (tertiary alicyclic amines) is 1. The molecule has 118 valence electrons. The van der Waals surface area contributed by atoms with E-state index in [1.54, 1.807) is 11.8 Å². The molecule has 3 fully saturated rings. The number of nitrogens with one attached hydrogen (secondary N) is 1. The average Bonchev–Trinajstić information content (AvgIpc) is 3.11. The van der Waals surface area contributed by atoms with Crippen LogP contribution in [0.3, 0.4) is 0 Å². The van der Waals surface area contributed by atoms with Crippen LogP contribution in [-0.2, 0) is 4.79 Å². The lowest BCUT2D eigenvalue weighted by Crippen LogP contribution is -2.42. The number of hydrogen-bond donors (Lipinski definition) is 2. The van der Waals surface area contributed by atoms with Crippen molar-refractivity contribution in [2.75, 3.05) is 13.1 Å². The smallest absolute Gasteiger partial charge is 0.317 e. The summed E-state index contributed by atoms with van der Waals surface area (Å²) in [4.78, 5) is 25.2. The van der Waals surface area contributed by atoms with Gasteiger partial charge in [0.15, 0.2) is 0 Å². The number of nitrogens with zero attached hydrogens (tertiary/aromatic N) is 1. The van der Waals surface area contributed by atoms with Crippen molar-refractivity contribution in [3.05, 3.63) is 0 Å². The van der Waals surface area contributed by atoms with Gasteiger partial charge in [0.1, 0.15) is 0 Å². The molecule has 1 aliphatic heterocycles. The lowest BCUT2D eigenvalue weighted by Gasteiger charge is -2.23. The van der Waals surface area contributed by atoms with E-state index in [2.05, 4.69) is 5.32 Å². The van der Waals surface area contributed by atoms with Gasteiger partial charge in [0.2, 0.25) is 0 Å². The zero-order valence-electron chi connectivity index (χ0n) is 12.8. The van der Waals surface area contributed by atoms with Gasteiger partial charge in [0.05, 0.1) is 5.41 Å². The minimum Gasteiger partial charge on any atom is -0.481 e. The Balaban J connectivity index is 1.47. The van der Waals surface area contributed by atoms with Crippen molar-refractivity contribution in [2.45, 2.75) is 57.9 Å². The number of rotatable bonds is 3. The number of urea groups is 1. The Morgan fingerprint density at radius 3 is 2.57 bits per heavy atom. The van der Waals surface area contributed by atoms with Crippen LogP contribution >= 0.6 is 0 Å². The van der Waals surface area contributed by atoms with Crippen LogP contribution in [-0.4, -0.2) is 41.1 Å². The van der Waals surface area contributed by atoms with Crippen LogP contribution in [0.2, 0.25) is 0 Å². The van der Waals surface area contributed by atoms with Crippen molar-refractivity contribution in [2.24, 2.45) is 17.3 Å². The van der Waals surface area contributed by atoms with Gasteiger partial charge in [-0.3, -0.25) is 4.79 Å². The first-order chi connectivity index (χ1) is 9.99. The molecule has 2 saturated carbocycles. The van der Waals surface area contributed by atoms with E-state index in [1.807, 2.05) is 0 Å². The van der Waals surface area contributed by atoms with E-state index in [-0.39, 0.29) is 6.03 Å². The largest absolute Gasteiger partial charge is 0.481 e. The summed E-state index contributed by atoms with van der Waals surface area (Å²) in [7, 11) is 0. The molecule has 2 amide bonds. The van der Waals surface area contributed by atoms with Gasteiger partial charge in [-0.15, -0.1) is 0 Å². The summed E-state index contributed by atoms with van der Waals surface area (Å²) >= 11 is 0. The molecule has 21 heavy (non-hydrogen) atoms. The van der Waals surface area contributed by atoms with Crippen LogP contribution in [0.15, 0.2) is 0 Å². The van der Waals surface area contributed by atoms with E-state index in [0.717, 1.165) is 12.3 Å². The van der Waals surface area contributed by atoms with Gasteiger partial charge in [0.25, 0.3) is 0 Å². The van der Waals surface area contributed by atoms with Gasteiger partial charge in [-0.05, 0) is 31.6 Å². The second kappa shape index (κ2) is 5.50. The molecule has 0 aromatic heterocycles. The van der Waals surface area contributed by atoms with Gasteiger partial charge < -0.3 is 15.3 Å². The van der Waals surface area contributed by atoms with E-state index >= 15 is 0 Å². The first kappa shape index (κ1) is 14.7. The van der Waals surface area contributed by atoms with E-state index in [1.165, 1.54) is 32.1 Å². The third-order valence-electron chi connectivity index (χ3n) is 5.68. The van der Waals surface area contributed by atoms with Gasteiger partial charge in [0, 0.05) is 19.1 Å². The second-order valence-electron chi connectivity index (χ2n) is 7.39. The minimum atomic E-state index is -0.802. The van der Waals surface area contributed by atoms with Gasteiger partial charge in [-0.1, -0.05) is 32.1 Å². The molecule has 2 N–H and O–H groups in total. The molecule has 0 aromatic rings. The molecule has 3 atom stereocenters. The van der Waals surface area contributed by atoms with Crippen molar-refractivity contribution in [3.8, 4) is 0 Å². The summed E-state index contributed by atoms with van der Waals surface area (Å²) in [5.41, 5.74) is -0.774. The summed E-state index contributed by atoms with van der Waals surface area (Å²) in [6, 6.07) is 0.264. The van der Waals surface area contributed by atoms with Crippen molar-refractivity contribution < 1.29 is 14.7 Å². The minimum absolute atomic E-state index is 0.0664. The summed E-state index contributed by atoms with van der Waals surface area (Å²) < 4.78 is 0. The number of carbonyl (C=O) groups is 2. The highest BCUT2D eigenvalue weighted by Crippen LogP contribution is 2.44. The monoisotopic (exact) mass is 294 g/mol. The van der Waals surface area contributed by atoms with Crippen molar-refractivity contribution in [1.29, 1.82) is 0 Å². The van der Waals surface area contributed by atoms with Gasteiger partial charge in [-0.2, -0.15) is 0 Å². The highest BCUT2D eigenvalue weighted by molar-refractivity contribution is 5.79. The quantitative estimate of drug-likeness (QED) is 0.840. The zero-order chi connectivity index (χ0) is 15.0. The molecular formula is C16H26N2O3. The maximum atomic E-state index is 12.3. The van der Waals surface area contributed by atoms with E-state index in [4.69, 9.17) is 0 Å². The SMILES string of the molecule is CC1(C(=O)O)CCN(C(=O)N[C@@H]2C[C@H]2C2CCCCC2)C1. The van der Waals surface area contributed by atoms with Gasteiger partial charge >= 0.3 is 12.0 Å². The van der Waals surface area contributed by atoms with Crippen LogP contribution in [0.4, 0.5) is 4.79 Å². The van der Waals surface area contributed by atoms with Crippen LogP contribution < -0.4 is 5.32 Å². The summed E-state index contributed by atoms with van der Waals surface area (Å²) in [5, 5.41) is 12.3. The fourth-order valence-electron chi connectivity index (χ4n) is 4.02. The van der Waals surface area contributed by atoms with Crippen molar-refractivity contribution in [1.82, 2.24) is 10.2 Å². The Morgan fingerprint density at radius 2 is 1.95 bits per heavy atom. The maximum absolute atomic E-state index is 12.3. The fourth-order valence-corrected chi connectivity index (χ4v) is 4.02. The molecule has 3 rings (SSSR count). The van der Waals surface area contributed by atoms with E-state index in [9.17, 15) is 14.7 Å². The Bertz CT molecular complexity index is 433. The first-order valence-electron chi connectivity index (χ1n) is 8.28. The lowest BCUT2D eigenvalue weighted by atomic mass is 9.85. The Labute approximate surface area is 126 Å². The topological polar surface area (TPSA) is 69.6 Å². The van der Waals surface area contributed by atoms with Crippen molar-refractivity contribution >= 4 is 12.0 Å². The molecule has 5 nitrogen and oxygen atoms in total. The maximum Gasteiger partial charge on any atom is 0.317 e. The van der Waals surface area contributed by atoms with Gasteiger partial charge in [-0.25, -0.2) is 4.79 Å². The third-order valence-corrected chi connectivity index (χ3v) is 5.68. The van der Waals surface area contributed by atoms with Crippen LogP contribution in [0.5, 0.6) is 0 Å². The average molecular weight is 294 g/mol. The number of carboxylic acid groups (broad SMARTS) is 1. The molecule has 1 saturated heterocycles. The molecule has 1 unspecified atom stereocenters. The molecular weight excluding hydrogens is 268 g/mol. The highest BCUT2D eigenvalue weighted by Gasteiger charge is 2.46. The predicted molar refractivity (Wildman–Crippen MR) is 78.9 cm³/mol. The standard InChI is InChI=1S/C16H26N2O3/c1-16(14(19)20)7-8-18(10-16)15(21)17-13-9-12(13)11-5-3-2-4-6-11/h11-13H,2-10H2,1H3,(H,17,21)(H,19,20)/t12-,13+,16?/m0/s1. The van der Waals surface area contributed by atoms with Crippen LogP contribution in [0, 0.1) is 17.3 Å². The zero-order valence-corrected chi connectivity index (χ0v) is 12.8. The van der Waals surface area contributed by atoms with Crippen molar-refractivity contribution in [3.63, 3.8) is 0 Å². The normalized spacial score (nSPS) is 36.5. The highest BCUT2D eigenvalue weighted by atomic mass is 16.4. The van der Waals surface area contributed by atoms with Crippen LogP contribution in [0.1, 0.15) is 51.9 Å². The third kappa shape index (κ3) is 3.01. The Hall–Kier alpha value is -1.26. The predicted octanol–water partition coefficient (Wildman–Crippen LogP) is 2.46. The summed E-state index contributed by atoms with van der Waals surface area (Å²) in [6.07, 6.45) is 8.33. The van der Waals surface area contributed by atoms with E-state index < -0.39 is 11.4 Å². The van der Waals surface area contributed by atoms with E-state index in [0.29, 0.717) is 31.5 Å². The molecule has 0 aromatic carbocycles. The first-order valence-corrected chi connectivity index (χ1v) is 8.28. The number of amides is 2. The summed E-state index contributed by atoms with van der Waals surface area (Å²) in [6.45, 7) is 2.61. The molecule has 0 radical (unpaired) electrons. The molecule has 3 aliphatic rings. The molecule has 2 aliphatic carbocycles. The Morgan fingerprint density at radius 1 is 1.24 bits per heavy atom. The lowest BCUT2D eigenvalue weighted by molar-refractivity contribution is -0.146. The summed E-state index contributed by atoms with van der Waals surface area (Å²) in [5.74, 6) is 0.666. The molecule has 0 bridgehead atoms. The fraction of sp³-hybridized carbons (Fsp3) is 0.875. The number of carboxylic acids is 1. The number of carbonyl (C=O) groups excluding carboxylic acids is 1. The molecule has 0 spiro atoms. The second-order valence-corrected chi connectivity index (χ2v) is 7.39. The number of aliphatic carboxylic acids is 1. The molecule has 1 heterocycles. The molecule has 5 heteroatoms. The Kier molecular flexibility index (Phi) is 3.84.